The lowest BCUT2D eigenvalue weighted by Crippen LogP contribution is -2.27. The van der Waals surface area contributed by atoms with Gasteiger partial charge in [0.05, 0.1) is 0 Å². The topological polar surface area (TPSA) is 37.3 Å². The van der Waals surface area contributed by atoms with Crippen LogP contribution in [0.3, 0.4) is 0 Å². The molecule has 1 aliphatic rings. The quantitative estimate of drug-likeness (QED) is 0.630. The third kappa shape index (κ3) is 1.53. The first kappa shape index (κ1) is 10.0. The minimum absolute atomic E-state index is 0.0701. The molecule has 1 aliphatic carbocycles. The predicted molar refractivity (Wildman–Crippen MR) is 52.5 cm³/mol. The number of hydrogen-bond donors (Lipinski definition) is 1. The lowest BCUT2D eigenvalue weighted by atomic mass is 9.74. The van der Waals surface area contributed by atoms with Gasteiger partial charge in [0.1, 0.15) is 5.76 Å². The molecule has 1 rings (SSSR count). The minimum Gasteiger partial charge on any atom is -0.511 e. The van der Waals surface area contributed by atoms with Crippen LogP contribution < -0.4 is 0 Å². The van der Waals surface area contributed by atoms with Crippen LogP contribution in [0.5, 0.6) is 0 Å². The van der Waals surface area contributed by atoms with Gasteiger partial charge in [-0.1, -0.05) is 27.4 Å². The molecule has 0 saturated carbocycles. The van der Waals surface area contributed by atoms with Crippen molar-refractivity contribution in [1.82, 2.24) is 0 Å². The first-order valence-electron chi connectivity index (χ1n) is 4.55. The number of rotatable bonds is 1. The number of allylic oxidation sites excluding steroid dienone is 3. The van der Waals surface area contributed by atoms with Crippen LogP contribution in [0.25, 0.3) is 0 Å². The van der Waals surface area contributed by atoms with E-state index in [1.807, 2.05) is 20.8 Å². The van der Waals surface area contributed by atoms with E-state index in [9.17, 15) is 9.90 Å². The molecule has 0 spiro atoms. The molecule has 0 bridgehead atoms. The molecule has 2 heteroatoms. The summed E-state index contributed by atoms with van der Waals surface area (Å²) in [6.07, 6.45) is 1.13. The van der Waals surface area contributed by atoms with Gasteiger partial charge in [-0.2, -0.15) is 0 Å². The Morgan fingerprint density at radius 2 is 2.08 bits per heavy atom. The van der Waals surface area contributed by atoms with E-state index < -0.39 is 0 Å². The van der Waals surface area contributed by atoms with Gasteiger partial charge >= 0.3 is 0 Å². The van der Waals surface area contributed by atoms with Gasteiger partial charge in [0, 0.05) is 11.0 Å². The number of carbonyl (C=O) groups is 1. The lowest BCUT2D eigenvalue weighted by Gasteiger charge is -2.31. The zero-order valence-electron chi connectivity index (χ0n) is 8.48. The second kappa shape index (κ2) is 3.02. The average Bonchev–Trinajstić information content (AvgIpc) is 2.02. The highest BCUT2D eigenvalue weighted by Crippen LogP contribution is 2.39. The van der Waals surface area contributed by atoms with Crippen molar-refractivity contribution < 1.29 is 9.90 Å². The van der Waals surface area contributed by atoms with Gasteiger partial charge in [-0.3, -0.25) is 4.79 Å². The fraction of sp³-hybridized carbons (Fsp3) is 0.545. The van der Waals surface area contributed by atoms with Crippen molar-refractivity contribution in [2.24, 2.45) is 5.41 Å². The van der Waals surface area contributed by atoms with E-state index in [2.05, 4.69) is 6.58 Å². The number of aliphatic hydroxyl groups is 1. The Morgan fingerprint density at radius 3 is 2.54 bits per heavy atom. The zero-order chi connectivity index (χ0) is 10.2. The van der Waals surface area contributed by atoms with Crippen LogP contribution in [-0.4, -0.2) is 10.9 Å². The van der Waals surface area contributed by atoms with Gasteiger partial charge in [-0.15, -0.1) is 0 Å². The number of ketones is 1. The van der Waals surface area contributed by atoms with Crippen LogP contribution in [0, 0.1) is 5.41 Å². The summed E-state index contributed by atoms with van der Waals surface area (Å²) in [6, 6.07) is 0. The van der Waals surface area contributed by atoms with Crippen LogP contribution in [-0.2, 0) is 4.79 Å². The van der Waals surface area contributed by atoms with Crippen LogP contribution >= 0.6 is 0 Å². The summed E-state index contributed by atoms with van der Waals surface area (Å²) in [5.41, 5.74) is 0.817. The maximum atomic E-state index is 11.5. The second-order valence-electron chi connectivity index (χ2n) is 4.17. The summed E-state index contributed by atoms with van der Waals surface area (Å²) in [4.78, 5) is 11.5. The molecule has 0 aromatic rings. The van der Waals surface area contributed by atoms with Crippen molar-refractivity contribution in [3.63, 3.8) is 0 Å². The van der Waals surface area contributed by atoms with Gasteiger partial charge < -0.3 is 5.11 Å². The molecule has 13 heavy (non-hydrogen) atoms. The van der Waals surface area contributed by atoms with Crippen LogP contribution in [0.15, 0.2) is 23.5 Å². The van der Waals surface area contributed by atoms with Crippen molar-refractivity contribution in [3.05, 3.63) is 23.5 Å². The molecular formula is C11H16O2. The second-order valence-corrected chi connectivity index (χ2v) is 4.17. The Hall–Kier alpha value is -1.05. The Kier molecular flexibility index (Phi) is 2.33. The summed E-state index contributed by atoms with van der Waals surface area (Å²) in [6.45, 7) is 9.45. The Labute approximate surface area is 79.0 Å². The van der Waals surface area contributed by atoms with Crippen LogP contribution in [0.2, 0.25) is 0 Å². The fourth-order valence-corrected chi connectivity index (χ4v) is 1.75. The van der Waals surface area contributed by atoms with E-state index in [0.717, 1.165) is 0 Å². The van der Waals surface area contributed by atoms with E-state index in [0.29, 0.717) is 24.0 Å². The predicted octanol–water partition coefficient (Wildman–Crippen LogP) is 2.76. The normalized spacial score (nSPS) is 22.4. The molecule has 72 valence electrons. The zero-order valence-corrected chi connectivity index (χ0v) is 8.48. The Balaban J connectivity index is 3.23. The summed E-state index contributed by atoms with van der Waals surface area (Å²) in [5, 5.41) is 9.80. The molecule has 0 aromatic heterocycles. The number of hydrogen-bond acceptors (Lipinski definition) is 2. The highest BCUT2D eigenvalue weighted by Gasteiger charge is 2.35. The van der Waals surface area contributed by atoms with Crippen molar-refractivity contribution in [1.29, 1.82) is 0 Å². The molecule has 2 nitrogen and oxygen atoms in total. The van der Waals surface area contributed by atoms with Gasteiger partial charge in [0.25, 0.3) is 0 Å². The molecule has 0 atom stereocenters. The molecule has 0 heterocycles. The van der Waals surface area contributed by atoms with Crippen molar-refractivity contribution in [2.45, 2.75) is 33.6 Å². The van der Waals surface area contributed by atoms with Gasteiger partial charge in [0.15, 0.2) is 5.78 Å². The highest BCUT2D eigenvalue weighted by molar-refractivity contribution is 6.09. The Morgan fingerprint density at radius 1 is 1.54 bits per heavy atom. The standard InChI is InChI=1S/C11H16O2/c1-5-8-9(12)7(2)6-11(3,4)10(8)13/h13H,2,5-6H2,1,3-4H3. The van der Waals surface area contributed by atoms with E-state index in [1.165, 1.54) is 0 Å². The highest BCUT2D eigenvalue weighted by atomic mass is 16.3. The van der Waals surface area contributed by atoms with E-state index in [4.69, 9.17) is 0 Å². The third-order valence-electron chi connectivity index (χ3n) is 2.53. The maximum Gasteiger partial charge on any atom is 0.187 e. The molecule has 0 radical (unpaired) electrons. The number of carbonyl (C=O) groups excluding carboxylic acids is 1. The fourth-order valence-electron chi connectivity index (χ4n) is 1.75. The molecule has 0 aromatic carbocycles. The van der Waals surface area contributed by atoms with Crippen LogP contribution in [0.4, 0.5) is 0 Å². The van der Waals surface area contributed by atoms with E-state index in [1.54, 1.807) is 0 Å². The molecule has 1 N–H and O–H groups in total. The van der Waals surface area contributed by atoms with Crippen LogP contribution in [0.1, 0.15) is 33.6 Å². The summed E-state index contributed by atoms with van der Waals surface area (Å²) >= 11 is 0. The lowest BCUT2D eigenvalue weighted by molar-refractivity contribution is -0.113. The summed E-state index contributed by atoms with van der Waals surface area (Å²) in [7, 11) is 0. The van der Waals surface area contributed by atoms with Gasteiger partial charge in [0.2, 0.25) is 0 Å². The van der Waals surface area contributed by atoms with Crippen molar-refractivity contribution >= 4 is 5.78 Å². The largest absolute Gasteiger partial charge is 0.511 e. The minimum atomic E-state index is -0.323. The molecule has 0 unspecified atom stereocenters. The smallest absolute Gasteiger partial charge is 0.187 e. The van der Waals surface area contributed by atoms with Crippen molar-refractivity contribution in [2.75, 3.05) is 0 Å². The van der Waals surface area contributed by atoms with E-state index >= 15 is 0 Å². The van der Waals surface area contributed by atoms with Crippen molar-refractivity contribution in [3.8, 4) is 0 Å². The van der Waals surface area contributed by atoms with Gasteiger partial charge in [-0.25, -0.2) is 0 Å². The molecule has 0 aliphatic heterocycles. The first-order valence-corrected chi connectivity index (χ1v) is 4.55. The molecular weight excluding hydrogens is 164 g/mol. The summed E-state index contributed by atoms with van der Waals surface area (Å²) in [5.74, 6) is 0.173. The first-order chi connectivity index (χ1) is 5.90. The molecule has 0 saturated heterocycles. The molecule has 0 amide bonds. The third-order valence-corrected chi connectivity index (χ3v) is 2.53. The van der Waals surface area contributed by atoms with E-state index in [-0.39, 0.29) is 17.0 Å². The number of aliphatic hydroxyl groups excluding tert-OH is 1. The number of Topliss-reactive ketones (excluding diaryl/α,β-unsaturated/α-hetero) is 1. The average molecular weight is 180 g/mol. The maximum absolute atomic E-state index is 11.5. The monoisotopic (exact) mass is 180 g/mol. The molecule has 0 fully saturated rings. The Bertz CT molecular complexity index is 295. The SMILES string of the molecule is C=C1CC(C)(C)C(O)=C(CC)C1=O. The van der Waals surface area contributed by atoms with Gasteiger partial charge in [-0.05, 0) is 18.4 Å². The summed E-state index contributed by atoms with van der Waals surface area (Å²) < 4.78 is 0.